The van der Waals surface area contributed by atoms with Crippen molar-refractivity contribution in [2.75, 3.05) is 0 Å². The van der Waals surface area contributed by atoms with Gasteiger partial charge in [-0.3, -0.25) is 0 Å². The Morgan fingerprint density at radius 2 is 0.800 bits per heavy atom. The standard InChI is InChI=1S/C8H12.ClH.In/c1-2-4-6-8-7-5-3-1;;/h1-2,7-8H,3-6H2;1H;/q;;+1/p-1. The quantitative estimate of drug-likeness (QED) is 0.504. The monoisotopic (exact) mass is 258 g/mol. The Labute approximate surface area is 88.0 Å². The van der Waals surface area contributed by atoms with Gasteiger partial charge in [-0.15, -0.1) is 0 Å². The first-order valence-corrected chi connectivity index (χ1v) is 3.30. The fourth-order valence-corrected chi connectivity index (χ4v) is 0.856. The molecule has 0 saturated carbocycles. The van der Waals surface area contributed by atoms with Gasteiger partial charge in [0.05, 0.1) is 0 Å². The van der Waals surface area contributed by atoms with E-state index in [2.05, 4.69) is 24.3 Å². The van der Waals surface area contributed by atoms with Crippen LogP contribution in [0.25, 0.3) is 0 Å². The minimum Gasteiger partial charge on any atom is -1.00 e. The molecule has 1 aliphatic carbocycles. The second kappa shape index (κ2) is 9.64. The Balaban J connectivity index is 0. The summed E-state index contributed by atoms with van der Waals surface area (Å²) >= 11 is 0. The van der Waals surface area contributed by atoms with E-state index in [-0.39, 0.29) is 38.3 Å². The second-order valence-electron chi connectivity index (χ2n) is 2.10. The molecule has 0 aromatic rings. The van der Waals surface area contributed by atoms with Gasteiger partial charge in [-0.2, -0.15) is 0 Å². The molecule has 0 bridgehead atoms. The van der Waals surface area contributed by atoms with Gasteiger partial charge in [0, 0.05) is 0 Å². The van der Waals surface area contributed by atoms with E-state index in [1.807, 2.05) is 0 Å². The molecule has 54 valence electrons. The minimum atomic E-state index is 0. The van der Waals surface area contributed by atoms with E-state index in [0.717, 1.165) is 0 Å². The van der Waals surface area contributed by atoms with Crippen molar-refractivity contribution < 1.29 is 12.4 Å². The van der Waals surface area contributed by atoms with E-state index < -0.39 is 0 Å². The average molecular weight is 258 g/mol. The molecular formula is C8H12ClIn. The Morgan fingerprint density at radius 3 is 1.00 bits per heavy atom. The fraction of sp³-hybridized carbons (Fsp3) is 0.500. The van der Waals surface area contributed by atoms with Crippen molar-refractivity contribution in [3.63, 3.8) is 0 Å². The maximum atomic E-state index is 2.27. The van der Waals surface area contributed by atoms with Crippen LogP contribution in [-0.4, -0.2) is 25.8 Å². The largest absolute Gasteiger partial charge is 1.00 e. The Hall–Kier alpha value is 0.640. The van der Waals surface area contributed by atoms with Crippen LogP contribution in [0.4, 0.5) is 0 Å². The van der Waals surface area contributed by atoms with E-state index >= 15 is 0 Å². The summed E-state index contributed by atoms with van der Waals surface area (Å²) in [6.07, 6.45) is 14.0. The van der Waals surface area contributed by atoms with E-state index in [9.17, 15) is 0 Å². The van der Waals surface area contributed by atoms with Gasteiger partial charge in [0.1, 0.15) is 0 Å². The third kappa shape index (κ3) is 6.76. The van der Waals surface area contributed by atoms with Crippen LogP contribution in [0.1, 0.15) is 25.7 Å². The molecule has 0 amide bonds. The van der Waals surface area contributed by atoms with Crippen molar-refractivity contribution in [1.29, 1.82) is 0 Å². The van der Waals surface area contributed by atoms with Crippen LogP contribution in [-0.2, 0) is 0 Å². The van der Waals surface area contributed by atoms with Gasteiger partial charge in [-0.1, -0.05) is 24.3 Å². The smallest absolute Gasteiger partial charge is 1.00 e. The molecule has 0 aromatic heterocycles. The summed E-state index contributed by atoms with van der Waals surface area (Å²) in [5, 5.41) is 0. The Bertz CT molecular complexity index is 81.8. The Morgan fingerprint density at radius 1 is 0.600 bits per heavy atom. The van der Waals surface area contributed by atoms with Crippen LogP contribution in [0.5, 0.6) is 0 Å². The van der Waals surface area contributed by atoms with Gasteiger partial charge in [0.25, 0.3) is 0 Å². The van der Waals surface area contributed by atoms with Crippen LogP contribution in [0.15, 0.2) is 24.3 Å². The number of halogens is 1. The molecule has 2 radical (unpaired) electrons. The number of hydrogen-bond acceptors (Lipinski definition) is 0. The summed E-state index contributed by atoms with van der Waals surface area (Å²) in [7, 11) is 0. The zero-order chi connectivity index (χ0) is 5.66. The third-order valence-corrected chi connectivity index (χ3v) is 1.33. The SMILES string of the molecule is C1=CCCC=CCC1.[Cl-].[In+]. The van der Waals surface area contributed by atoms with Crippen LogP contribution >= 0.6 is 0 Å². The molecule has 0 N–H and O–H groups in total. The minimum absolute atomic E-state index is 0. The molecule has 0 spiro atoms. The molecule has 0 heterocycles. The van der Waals surface area contributed by atoms with Crippen LogP contribution in [0, 0.1) is 0 Å². The van der Waals surface area contributed by atoms with Crippen molar-refractivity contribution in [1.82, 2.24) is 0 Å². The molecule has 0 fully saturated rings. The molecule has 0 nitrogen and oxygen atoms in total. The van der Waals surface area contributed by atoms with Crippen molar-refractivity contribution >= 4 is 25.8 Å². The van der Waals surface area contributed by atoms with Crippen molar-refractivity contribution in [3.8, 4) is 0 Å². The average Bonchev–Trinajstić information content (AvgIpc) is 1.62. The van der Waals surface area contributed by atoms with Crippen LogP contribution in [0.2, 0.25) is 0 Å². The summed E-state index contributed by atoms with van der Waals surface area (Å²) in [6, 6.07) is 0. The molecule has 10 heavy (non-hydrogen) atoms. The molecule has 1 rings (SSSR count). The molecule has 0 atom stereocenters. The summed E-state index contributed by atoms with van der Waals surface area (Å²) in [5.41, 5.74) is 0. The molecule has 1 aliphatic rings. The van der Waals surface area contributed by atoms with Crippen molar-refractivity contribution in [2.45, 2.75) is 25.7 Å². The van der Waals surface area contributed by atoms with Crippen molar-refractivity contribution in [3.05, 3.63) is 24.3 Å². The van der Waals surface area contributed by atoms with Gasteiger partial charge in [0.15, 0.2) is 0 Å². The third-order valence-electron chi connectivity index (χ3n) is 1.33. The normalized spacial score (nSPS) is 16.0. The van der Waals surface area contributed by atoms with Gasteiger partial charge in [-0.25, -0.2) is 0 Å². The van der Waals surface area contributed by atoms with E-state index in [0.29, 0.717) is 0 Å². The van der Waals surface area contributed by atoms with Crippen LogP contribution in [0.3, 0.4) is 0 Å². The molecule has 0 saturated heterocycles. The van der Waals surface area contributed by atoms with Crippen LogP contribution < -0.4 is 12.4 Å². The van der Waals surface area contributed by atoms with Crippen molar-refractivity contribution in [2.24, 2.45) is 0 Å². The van der Waals surface area contributed by atoms with Gasteiger partial charge in [0.2, 0.25) is 0 Å². The summed E-state index contributed by atoms with van der Waals surface area (Å²) in [6.45, 7) is 0. The first-order valence-electron chi connectivity index (χ1n) is 3.30. The first-order chi connectivity index (χ1) is 4.00. The zero-order valence-corrected chi connectivity index (χ0v) is 10.1. The Kier molecular flexibility index (Phi) is 12.8. The summed E-state index contributed by atoms with van der Waals surface area (Å²) in [4.78, 5) is 0. The number of hydrogen-bond donors (Lipinski definition) is 0. The van der Waals surface area contributed by atoms with E-state index in [4.69, 9.17) is 0 Å². The second-order valence-corrected chi connectivity index (χ2v) is 2.10. The van der Waals surface area contributed by atoms with Gasteiger partial charge < -0.3 is 12.4 Å². The predicted octanol–water partition coefficient (Wildman–Crippen LogP) is -0.704. The first kappa shape index (κ1) is 13.2. The topological polar surface area (TPSA) is 0 Å². The number of rotatable bonds is 0. The zero-order valence-electron chi connectivity index (χ0n) is 6.09. The van der Waals surface area contributed by atoms with Gasteiger partial charge in [-0.05, 0) is 25.7 Å². The van der Waals surface area contributed by atoms with Gasteiger partial charge >= 0.3 is 25.8 Å². The maximum absolute atomic E-state index is 2.27. The van der Waals surface area contributed by atoms with E-state index in [1.165, 1.54) is 25.7 Å². The molecule has 0 aromatic carbocycles. The fourth-order valence-electron chi connectivity index (χ4n) is 0.856. The predicted molar refractivity (Wildman–Crippen MR) is 42.5 cm³/mol. The molecule has 0 unspecified atom stereocenters. The molecule has 0 aliphatic heterocycles. The molecular weight excluding hydrogens is 246 g/mol. The number of allylic oxidation sites excluding steroid dienone is 4. The van der Waals surface area contributed by atoms with E-state index in [1.54, 1.807) is 0 Å². The maximum Gasteiger partial charge on any atom is 1.00 e. The summed E-state index contributed by atoms with van der Waals surface area (Å²) in [5.74, 6) is 0. The summed E-state index contributed by atoms with van der Waals surface area (Å²) < 4.78 is 0. The molecule has 2 heteroatoms.